The number of carbonyl (C=O) groups excluding carboxylic acids is 1. The molecule has 0 heterocycles. The normalized spacial score (nSPS) is 13.4. The largest absolute Gasteiger partial charge is 0.303 e. The van der Waals surface area contributed by atoms with Crippen LogP contribution in [0.15, 0.2) is 59.1 Å². The van der Waals surface area contributed by atoms with E-state index in [1.165, 1.54) is 0 Å². The summed E-state index contributed by atoms with van der Waals surface area (Å²) < 4.78 is 0.861. The Labute approximate surface area is 131 Å². The fraction of sp³-hybridized carbons (Fsp3) is 0.188. The summed E-state index contributed by atoms with van der Waals surface area (Å²) in [5.74, 6) is -0.472. The van der Waals surface area contributed by atoms with E-state index in [-0.39, 0.29) is 11.3 Å². The highest BCUT2D eigenvalue weighted by Gasteiger charge is 2.34. The second-order valence-corrected chi connectivity index (χ2v) is 5.62. The summed E-state index contributed by atoms with van der Waals surface area (Å²) in [6.07, 6.45) is 0.860. The Bertz CT molecular complexity index is 613. The summed E-state index contributed by atoms with van der Waals surface area (Å²) in [5.41, 5.74) is 1.40. The van der Waals surface area contributed by atoms with E-state index in [0.29, 0.717) is 5.56 Å². The number of aldehydes is 1. The number of benzene rings is 2. The van der Waals surface area contributed by atoms with Crippen molar-refractivity contribution in [2.45, 2.75) is 18.4 Å². The maximum absolute atomic E-state index is 11.6. The van der Waals surface area contributed by atoms with Gasteiger partial charge in [0.15, 0.2) is 0 Å². The predicted octanol–water partition coefficient (Wildman–Crippen LogP) is 4.14. The first-order valence-corrected chi connectivity index (χ1v) is 7.30. The molecule has 21 heavy (non-hydrogen) atoms. The molecule has 0 fully saturated rings. The Morgan fingerprint density at radius 2 is 1.67 bits per heavy atom. The molecule has 108 valence electrons. The van der Waals surface area contributed by atoms with Crippen molar-refractivity contribution in [3.05, 3.63) is 80.3 Å². The van der Waals surface area contributed by atoms with Gasteiger partial charge in [-0.3, -0.25) is 10.1 Å². The average Bonchev–Trinajstić information content (AvgIpc) is 2.49. The van der Waals surface area contributed by atoms with Gasteiger partial charge in [-0.05, 0) is 17.7 Å². The van der Waals surface area contributed by atoms with Crippen molar-refractivity contribution in [3.63, 3.8) is 0 Å². The van der Waals surface area contributed by atoms with E-state index in [1.807, 2.05) is 30.3 Å². The molecule has 2 aromatic carbocycles. The van der Waals surface area contributed by atoms with Crippen molar-refractivity contribution in [1.82, 2.24) is 0 Å². The molecule has 2 unspecified atom stereocenters. The summed E-state index contributed by atoms with van der Waals surface area (Å²) in [7, 11) is 0. The minimum atomic E-state index is -0.939. The van der Waals surface area contributed by atoms with Crippen LogP contribution in [0.1, 0.15) is 29.5 Å². The molecule has 5 heteroatoms. The summed E-state index contributed by atoms with van der Waals surface area (Å²) in [5, 5.41) is 11.6. The van der Waals surface area contributed by atoms with Crippen LogP contribution in [-0.2, 0) is 4.79 Å². The maximum atomic E-state index is 11.6. The van der Waals surface area contributed by atoms with Gasteiger partial charge in [-0.2, -0.15) is 0 Å². The zero-order valence-corrected chi connectivity index (χ0v) is 12.8. The van der Waals surface area contributed by atoms with E-state index in [1.54, 1.807) is 24.3 Å². The molecule has 0 aliphatic heterocycles. The highest BCUT2D eigenvalue weighted by Crippen LogP contribution is 2.35. The molecule has 0 aliphatic rings. The van der Waals surface area contributed by atoms with Crippen LogP contribution < -0.4 is 0 Å². The van der Waals surface area contributed by atoms with Crippen LogP contribution >= 0.6 is 15.9 Å². The molecule has 2 aromatic rings. The first-order valence-electron chi connectivity index (χ1n) is 6.51. The molecule has 2 atom stereocenters. The first kappa shape index (κ1) is 15.4. The van der Waals surface area contributed by atoms with Crippen LogP contribution in [0.25, 0.3) is 0 Å². The van der Waals surface area contributed by atoms with Crippen molar-refractivity contribution >= 4 is 22.2 Å². The second-order valence-electron chi connectivity index (χ2n) is 4.70. The van der Waals surface area contributed by atoms with Gasteiger partial charge in [-0.1, -0.05) is 58.4 Å². The zero-order valence-electron chi connectivity index (χ0n) is 11.2. The molecular weight excluding hydrogens is 334 g/mol. The van der Waals surface area contributed by atoms with Gasteiger partial charge in [-0.25, -0.2) is 0 Å². The van der Waals surface area contributed by atoms with Crippen molar-refractivity contribution in [2.24, 2.45) is 0 Å². The molecule has 0 saturated carbocycles. The minimum Gasteiger partial charge on any atom is -0.303 e. The third-order valence-electron chi connectivity index (χ3n) is 3.40. The third kappa shape index (κ3) is 3.76. The molecule has 4 nitrogen and oxygen atoms in total. The number of halogens is 1. The fourth-order valence-electron chi connectivity index (χ4n) is 2.41. The highest BCUT2D eigenvalue weighted by molar-refractivity contribution is 9.10. The Hall–Kier alpha value is -2.01. The Kier molecular flexibility index (Phi) is 5.22. The van der Waals surface area contributed by atoms with Crippen LogP contribution in [0.4, 0.5) is 0 Å². The lowest BCUT2D eigenvalue weighted by Gasteiger charge is -2.20. The smallest absolute Gasteiger partial charge is 0.245 e. The third-order valence-corrected chi connectivity index (χ3v) is 3.93. The molecule has 0 aromatic heterocycles. The molecule has 0 saturated heterocycles. The van der Waals surface area contributed by atoms with E-state index in [2.05, 4.69) is 15.9 Å². The van der Waals surface area contributed by atoms with Gasteiger partial charge in [-0.15, -0.1) is 0 Å². The molecule has 0 aliphatic carbocycles. The van der Waals surface area contributed by atoms with Gasteiger partial charge >= 0.3 is 0 Å². The topological polar surface area (TPSA) is 60.2 Å². The number of carbonyl (C=O) groups is 1. The quantitative estimate of drug-likeness (QED) is 0.448. The van der Waals surface area contributed by atoms with E-state index in [4.69, 9.17) is 0 Å². The number of hydrogen-bond acceptors (Lipinski definition) is 3. The maximum Gasteiger partial charge on any atom is 0.245 e. The number of rotatable bonds is 6. The summed E-state index contributed by atoms with van der Waals surface area (Å²) in [6, 6.07) is 15.2. The number of hydrogen-bond donors (Lipinski definition) is 0. The zero-order chi connectivity index (χ0) is 15.2. The van der Waals surface area contributed by atoms with Crippen LogP contribution in [0, 0.1) is 10.1 Å². The van der Waals surface area contributed by atoms with Crippen LogP contribution in [0.2, 0.25) is 0 Å². The predicted molar refractivity (Wildman–Crippen MR) is 83.7 cm³/mol. The van der Waals surface area contributed by atoms with E-state index in [0.717, 1.165) is 16.3 Å². The standard InChI is InChI=1S/C16H14BrNO3/c17-14-8-6-13(7-9-14)16(18(20)21)15(10-11-19)12-4-2-1-3-5-12/h1-9,11,15-16H,10H2. The van der Waals surface area contributed by atoms with Gasteiger partial charge in [0.2, 0.25) is 6.04 Å². The van der Waals surface area contributed by atoms with Gasteiger partial charge in [0, 0.05) is 21.4 Å². The van der Waals surface area contributed by atoms with Crippen molar-refractivity contribution in [2.75, 3.05) is 0 Å². The molecule has 0 amide bonds. The van der Waals surface area contributed by atoms with Gasteiger partial charge < -0.3 is 4.79 Å². The van der Waals surface area contributed by atoms with Crippen LogP contribution in [0.3, 0.4) is 0 Å². The molecular formula is C16H14BrNO3. The second kappa shape index (κ2) is 7.13. The van der Waals surface area contributed by atoms with Crippen molar-refractivity contribution < 1.29 is 9.72 Å². The highest BCUT2D eigenvalue weighted by atomic mass is 79.9. The summed E-state index contributed by atoms with van der Waals surface area (Å²) >= 11 is 3.32. The Balaban J connectivity index is 2.44. The van der Waals surface area contributed by atoms with E-state index >= 15 is 0 Å². The van der Waals surface area contributed by atoms with Gasteiger partial charge in [0.25, 0.3) is 0 Å². The van der Waals surface area contributed by atoms with Gasteiger partial charge in [0.1, 0.15) is 6.29 Å². The molecule has 0 radical (unpaired) electrons. The SMILES string of the molecule is O=CCC(c1ccccc1)C(c1ccc(Br)cc1)[N+](=O)[O-]. The van der Waals surface area contributed by atoms with Crippen molar-refractivity contribution in [1.29, 1.82) is 0 Å². The van der Waals surface area contributed by atoms with Crippen LogP contribution in [0.5, 0.6) is 0 Å². The van der Waals surface area contributed by atoms with E-state index in [9.17, 15) is 14.9 Å². The fourth-order valence-corrected chi connectivity index (χ4v) is 2.68. The number of nitrogens with zero attached hydrogens (tertiary/aromatic N) is 1. The monoisotopic (exact) mass is 347 g/mol. The summed E-state index contributed by atoms with van der Waals surface area (Å²) in [4.78, 5) is 22.2. The lowest BCUT2D eigenvalue weighted by Crippen LogP contribution is -2.20. The molecule has 0 bridgehead atoms. The van der Waals surface area contributed by atoms with Crippen molar-refractivity contribution in [3.8, 4) is 0 Å². The Morgan fingerprint density at radius 3 is 2.19 bits per heavy atom. The van der Waals surface area contributed by atoms with Gasteiger partial charge in [0.05, 0.1) is 5.92 Å². The average molecular weight is 348 g/mol. The molecule has 0 N–H and O–H groups in total. The number of nitro groups is 1. The van der Waals surface area contributed by atoms with E-state index < -0.39 is 12.0 Å². The van der Waals surface area contributed by atoms with Crippen LogP contribution in [-0.4, -0.2) is 11.2 Å². The first-order chi connectivity index (χ1) is 10.1. The molecule has 0 spiro atoms. The lowest BCUT2D eigenvalue weighted by molar-refractivity contribution is -0.533. The minimum absolute atomic E-state index is 0.117. The Morgan fingerprint density at radius 1 is 1.05 bits per heavy atom. The lowest BCUT2D eigenvalue weighted by atomic mass is 9.85. The summed E-state index contributed by atoms with van der Waals surface area (Å²) in [6.45, 7) is 0. The molecule has 2 rings (SSSR count).